The van der Waals surface area contributed by atoms with E-state index in [1.165, 1.54) is 29.0 Å². The lowest BCUT2D eigenvalue weighted by Gasteiger charge is -2.30. The van der Waals surface area contributed by atoms with Crippen molar-refractivity contribution in [1.29, 1.82) is 0 Å². The molecule has 1 unspecified atom stereocenters. The Morgan fingerprint density at radius 2 is 2.27 bits per heavy atom. The van der Waals surface area contributed by atoms with E-state index in [1.807, 2.05) is 0 Å². The Bertz CT molecular complexity index is 931. The molecule has 0 saturated heterocycles. The molecule has 134 valence electrons. The SMILES string of the molecule is CCOC(=O)C1=C(C)Nc2ncc(C=O)n2C1c1cccc([N+](=O)[O-])c1. The lowest BCUT2D eigenvalue weighted by molar-refractivity contribution is -0.384. The molecule has 0 amide bonds. The van der Waals surface area contributed by atoms with Crippen molar-refractivity contribution in [2.45, 2.75) is 19.9 Å². The number of ether oxygens (including phenoxy) is 1. The highest BCUT2D eigenvalue weighted by Crippen LogP contribution is 2.38. The quantitative estimate of drug-likeness (QED) is 0.378. The molecule has 9 nitrogen and oxygen atoms in total. The minimum Gasteiger partial charge on any atom is -0.463 e. The molecule has 1 atom stereocenters. The number of aromatic nitrogens is 2. The Balaban J connectivity index is 2.24. The van der Waals surface area contributed by atoms with Crippen molar-refractivity contribution >= 4 is 23.9 Å². The topological polar surface area (TPSA) is 116 Å². The first kappa shape index (κ1) is 17.3. The van der Waals surface area contributed by atoms with Crippen LogP contribution in [0.15, 0.2) is 41.7 Å². The fraction of sp³-hybridized carbons (Fsp3) is 0.235. The summed E-state index contributed by atoms with van der Waals surface area (Å²) in [5.41, 5.74) is 1.37. The molecular formula is C17H16N4O5. The zero-order valence-corrected chi connectivity index (χ0v) is 14.1. The molecule has 1 N–H and O–H groups in total. The van der Waals surface area contributed by atoms with Crippen molar-refractivity contribution in [1.82, 2.24) is 9.55 Å². The summed E-state index contributed by atoms with van der Waals surface area (Å²) in [6, 6.07) is 5.16. The van der Waals surface area contributed by atoms with Gasteiger partial charge in [0, 0.05) is 17.8 Å². The molecule has 0 spiro atoms. The second-order valence-electron chi connectivity index (χ2n) is 5.63. The molecule has 0 fully saturated rings. The minimum absolute atomic E-state index is 0.115. The number of nitrogens with zero attached hydrogens (tertiary/aromatic N) is 3. The summed E-state index contributed by atoms with van der Waals surface area (Å²) in [6.45, 7) is 3.55. The van der Waals surface area contributed by atoms with E-state index in [1.54, 1.807) is 19.9 Å². The summed E-state index contributed by atoms with van der Waals surface area (Å²) >= 11 is 0. The highest BCUT2D eigenvalue weighted by Gasteiger charge is 2.35. The molecule has 0 radical (unpaired) electrons. The first-order valence-corrected chi connectivity index (χ1v) is 7.89. The number of benzene rings is 1. The van der Waals surface area contributed by atoms with Gasteiger partial charge in [0.1, 0.15) is 5.69 Å². The normalized spacial score (nSPS) is 15.8. The molecule has 1 aromatic carbocycles. The Morgan fingerprint density at radius 1 is 1.50 bits per heavy atom. The largest absolute Gasteiger partial charge is 0.463 e. The van der Waals surface area contributed by atoms with E-state index in [2.05, 4.69) is 10.3 Å². The third kappa shape index (κ3) is 2.83. The van der Waals surface area contributed by atoms with E-state index in [0.29, 0.717) is 23.5 Å². The van der Waals surface area contributed by atoms with Crippen LogP contribution in [0, 0.1) is 10.1 Å². The van der Waals surface area contributed by atoms with Crippen molar-refractivity contribution in [3.8, 4) is 0 Å². The number of hydrogen-bond donors (Lipinski definition) is 1. The van der Waals surface area contributed by atoms with E-state index in [-0.39, 0.29) is 23.6 Å². The molecule has 2 heterocycles. The lowest BCUT2D eigenvalue weighted by atomic mass is 9.94. The van der Waals surface area contributed by atoms with Gasteiger partial charge in [-0.05, 0) is 19.4 Å². The molecular weight excluding hydrogens is 340 g/mol. The molecule has 0 aliphatic carbocycles. The van der Waals surface area contributed by atoms with Crippen LogP contribution in [0.2, 0.25) is 0 Å². The summed E-state index contributed by atoms with van der Waals surface area (Å²) in [5.74, 6) is -0.195. The number of non-ortho nitro benzene ring substituents is 1. The van der Waals surface area contributed by atoms with Crippen LogP contribution in [-0.4, -0.2) is 33.3 Å². The van der Waals surface area contributed by atoms with Crippen molar-refractivity contribution in [2.75, 3.05) is 11.9 Å². The summed E-state index contributed by atoms with van der Waals surface area (Å²) < 4.78 is 6.69. The van der Waals surface area contributed by atoms with Gasteiger partial charge in [-0.15, -0.1) is 0 Å². The molecule has 3 rings (SSSR count). The molecule has 0 bridgehead atoms. The average Bonchev–Trinajstić information content (AvgIpc) is 3.03. The Labute approximate surface area is 148 Å². The van der Waals surface area contributed by atoms with Crippen molar-refractivity contribution in [3.63, 3.8) is 0 Å². The molecule has 2 aromatic rings. The summed E-state index contributed by atoms with van der Waals surface area (Å²) in [6.07, 6.45) is 1.99. The van der Waals surface area contributed by atoms with Gasteiger partial charge < -0.3 is 10.1 Å². The smallest absolute Gasteiger partial charge is 0.338 e. The van der Waals surface area contributed by atoms with Gasteiger partial charge in [-0.1, -0.05) is 12.1 Å². The number of imidazole rings is 1. The van der Waals surface area contributed by atoms with Crippen LogP contribution >= 0.6 is 0 Å². The van der Waals surface area contributed by atoms with Crippen molar-refractivity contribution in [2.24, 2.45) is 0 Å². The second-order valence-corrected chi connectivity index (χ2v) is 5.63. The van der Waals surface area contributed by atoms with Gasteiger partial charge in [0.05, 0.1) is 29.3 Å². The number of nitro benzene ring substituents is 1. The predicted octanol–water partition coefficient (Wildman–Crippen LogP) is 2.46. The van der Waals surface area contributed by atoms with Gasteiger partial charge in [-0.25, -0.2) is 9.78 Å². The third-order valence-corrected chi connectivity index (χ3v) is 4.07. The maximum absolute atomic E-state index is 12.6. The van der Waals surface area contributed by atoms with Crippen LogP contribution < -0.4 is 5.32 Å². The van der Waals surface area contributed by atoms with E-state index < -0.39 is 16.9 Å². The van der Waals surface area contributed by atoms with Gasteiger partial charge >= 0.3 is 5.97 Å². The number of aldehydes is 1. The van der Waals surface area contributed by atoms with Gasteiger partial charge in [0.25, 0.3) is 5.69 Å². The summed E-state index contributed by atoms with van der Waals surface area (Å²) in [7, 11) is 0. The van der Waals surface area contributed by atoms with Gasteiger partial charge in [-0.2, -0.15) is 0 Å². The van der Waals surface area contributed by atoms with Crippen molar-refractivity contribution < 1.29 is 19.2 Å². The zero-order chi connectivity index (χ0) is 18.8. The highest BCUT2D eigenvalue weighted by atomic mass is 16.6. The standard InChI is InChI=1S/C17H16N4O5/c1-3-26-16(23)14-10(2)19-17-18-8-13(9-22)20(17)15(14)11-5-4-6-12(7-11)21(24)25/h4-9,15H,3H2,1-2H3,(H,18,19). The number of nitrogens with one attached hydrogen (secondary N) is 1. The number of carbonyl (C=O) groups is 2. The molecule has 9 heteroatoms. The highest BCUT2D eigenvalue weighted by molar-refractivity contribution is 5.93. The number of hydrogen-bond acceptors (Lipinski definition) is 7. The van der Waals surface area contributed by atoms with Crippen LogP contribution in [0.5, 0.6) is 0 Å². The first-order chi connectivity index (χ1) is 12.5. The van der Waals surface area contributed by atoms with Crippen LogP contribution in [0.1, 0.15) is 35.9 Å². The molecule has 0 saturated carbocycles. The lowest BCUT2D eigenvalue weighted by Crippen LogP contribution is -2.30. The van der Waals surface area contributed by atoms with E-state index in [0.717, 1.165) is 0 Å². The van der Waals surface area contributed by atoms with Gasteiger partial charge in [0.2, 0.25) is 5.95 Å². The summed E-state index contributed by atoms with van der Waals surface area (Å²) in [4.78, 5) is 38.8. The fourth-order valence-corrected chi connectivity index (χ4v) is 2.99. The minimum atomic E-state index is -0.770. The number of fused-ring (bicyclic) bond motifs is 1. The number of rotatable bonds is 5. The van der Waals surface area contributed by atoms with E-state index >= 15 is 0 Å². The van der Waals surface area contributed by atoms with E-state index in [4.69, 9.17) is 4.74 Å². The number of anilines is 1. The number of nitro groups is 1. The van der Waals surface area contributed by atoms with Crippen molar-refractivity contribution in [3.05, 3.63) is 63.1 Å². The Morgan fingerprint density at radius 3 is 2.92 bits per heavy atom. The van der Waals surface area contributed by atoms with Crippen LogP contribution in [-0.2, 0) is 9.53 Å². The average molecular weight is 356 g/mol. The number of carbonyl (C=O) groups excluding carboxylic acids is 2. The molecule has 1 aliphatic heterocycles. The third-order valence-electron chi connectivity index (χ3n) is 4.07. The van der Waals surface area contributed by atoms with Gasteiger partial charge in [-0.3, -0.25) is 19.5 Å². The summed E-state index contributed by atoms with van der Waals surface area (Å²) in [5, 5.41) is 14.1. The zero-order valence-electron chi connectivity index (χ0n) is 14.1. The Kier molecular flexibility index (Phi) is 4.53. The maximum Gasteiger partial charge on any atom is 0.338 e. The predicted molar refractivity (Wildman–Crippen MR) is 91.8 cm³/mol. The van der Waals surface area contributed by atoms with Gasteiger partial charge in [0.15, 0.2) is 6.29 Å². The van der Waals surface area contributed by atoms with E-state index in [9.17, 15) is 19.7 Å². The van der Waals surface area contributed by atoms with Crippen LogP contribution in [0.25, 0.3) is 0 Å². The maximum atomic E-state index is 12.6. The van der Waals surface area contributed by atoms with Crippen LogP contribution in [0.4, 0.5) is 11.6 Å². The monoisotopic (exact) mass is 356 g/mol. The van der Waals surface area contributed by atoms with Crippen LogP contribution in [0.3, 0.4) is 0 Å². The second kappa shape index (κ2) is 6.79. The molecule has 26 heavy (non-hydrogen) atoms. The number of esters is 1. The fourth-order valence-electron chi connectivity index (χ4n) is 2.99. The number of allylic oxidation sites excluding steroid dienone is 1. The molecule has 1 aromatic heterocycles. The molecule has 1 aliphatic rings. The Hall–Kier alpha value is -3.49. The first-order valence-electron chi connectivity index (χ1n) is 7.89.